The summed E-state index contributed by atoms with van der Waals surface area (Å²) >= 11 is 0. The van der Waals surface area contributed by atoms with E-state index in [2.05, 4.69) is 25.2 Å². The maximum Gasteiger partial charge on any atom is 0.230 e. The van der Waals surface area contributed by atoms with Gasteiger partial charge in [-0.25, -0.2) is 9.97 Å². The van der Waals surface area contributed by atoms with Crippen LogP contribution in [0.25, 0.3) is 0 Å². The molecule has 4 rings (SSSR count). The first kappa shape index (κ1) is 20.3. The molecule has 1 N–H and O–H groups in total. The van der Waals surface area contributed by atoms with Gasteiger partial charge in [-0.3, -0.25) is 14.6 Å². The minimum atomic E-state index is -0.189. The van der Waals surface area contributed by atoms with Crippen LogP contribution < -0.4 is 10.2 Å². The fourth-order valence-electron chi connectivity index (χ4n) is 4.23. The van der Waals surface area contributed by atoms with Crippen LogP contribution in [0.15, 0.2) is 36.9 Å². The molecule has 0 aromatic carbocycles. The normalized spacial score (nSPS) is 20.1. The first-order valence-corrected chi connectivity index (χ1v) is 10.6. The molecule has 2 amide bonds. The predicted octanol–water partition coefficient (Wildman–Crippen LogP) is 2.27. The van der Waals surface area contributed by atoms with Crippen LogP contribution >= 0.6 is 0 Å². The van der Waals surface area contributed by atoms with Crippen molar-refractivity contribution in [2.75, 3.05) is 36.4 Å². The van der Waals surface area contributed by atoms with Crippen LogP contribution in [0.5, 0.6) is 0 Å². The Morgan fingerprint density at radius 3 is 2.53 bits per heavy atom. The van der Waals surface area contributed by atoms with Crippen LogP contribution in [-0.2, 0) is 9.59 Å². The minimum Gasteiger partial charge on any atom is -0.355 e. The number of hydrogen-bond donors (Lipinski definition) is 1. The second kappa shape index (κ2) is 9.19. The molecular formula is C22H28N6O2. The SMILES string of the molecule is Cc1ccc(NC(=O)C2CCCN(C(=O)C3CCN(c4cnccn4)CC3)C2)nc1. The highest BCUT2D eigenvalue weighted by atomic mass is 16.2. The van der Waals surface area contributed by atoms with E-state index in [0.29, 0.717) is 12.4 Å². The highest BCUT2D eigenvalue weighted by Gasteiger charge is 2.33. The van der Waals surface area contributed by atoms with E-state index in [1.54, 1.807) is 24.8 Å². The predicted molar refractivity (Wildman–Crippen MR) is 114 cm³/mol. The summed E-state index contributed by atoms with van der Waals surface area (Å²) < 4.78 is 0. The highest BCUT2D eigenvalue weighted by molar-refractivity contribution is 5.92. The average molecular weight is 409 g/mol. The van der Waals surface area contributed by atoms with Crippen molar-refractivity contribution in [2.24, 2.45) is 11.8 Å². The summed E-state index contributed by atoms with van der Waals surface area (Å²) in [5, 5.41) is 2.89. The molecule has 2 saturated heterocycles. The third-order valence-electron chi connectivity index (χ3n) is 5.98. The van der Waals surface area contributed by atoms with Gasteiger partial charge in [-0.1, -0.05) is 6.07 Å². The zero-order valence-electron chi connectivity index (χ0n) is 17.3. The molecule has 158 valence electrons. The van der Waals surface area contributed by atoms with Gasteiger partial charge < -0.3 is 15.1 Å². The first-order valence-electron chi connectivity index (χ1n) is 10.6. The van der Waals surface area contributed by atoms with Gasteiger partial charge in [0, 0.05) is 50.7 Å². The Bertz CT molecular complexity index is 865. The van der Waals surface area contributed by atoms with E-state index in [1.807, 2.05) is 24.0 Å². The number of carbonyl (C=O) groups is 2. The standard InChI is InChI=1S/C22H28N6O2/c1-16-4-5-19(25-13-16)26-21(29)18-3-2-10-28(15-18)22(30)17-6-11-27(12-7-17)20-14-23-8-9-24-20/h4-5,8-9,13-14,17-18H,2-3,6-7,10-12,15H2,1H3,(H,25,26,29). The molecule has 2 aliphatic rings. The zero-order chi connectivity index (χ0) is 20.9. The van der Waals surface area contributed by atoms with E-state index in [4.69, 9.17) is 0 Å². The number of aromatic nitrogens is 3. The van der Waals surface area contributed by atoms with Gasteiger partial charge in [-0.05, 0) is 44.2 Å². The van der Waals surface area contributed by atoms with E-state index in [1.165, 1.54) is 0 Å². The van der Waals surface area contributed by atoms with E-state index in [-0.39, 0.29) is 23.7 Å². The average Bonchev–Trinajstić information content (AvgIpc) is 2.81. The molecule has 1 atom stereocenters. The molecule has 2 aromatic heterocycles. The van der Waals surface area contributed by atoms with Crippen LogP contribution in [-0.4, -0.2) is 57.8 Å². The third kappa shape index (κ3) is 4.75. The minimum absolute atomic E-state index is 0.0125. The number of likely N-dealkylation sites (tertiary alicyclic amines) is 1. The number of anilines is 2. The molecule has 2 aromatic rings. The maximum atomic E-state index is 13.1. The molecule has 0 radical (unpaired) electrons. The summed E-state index contributed by atoms with van der Waals surface area (Å²) in [6.07, 6.45) is 10.1. The van der Waals surface area contributed by atoms with E-state index < -0.39 is 0 Å². The van der Waals surface area contributed by atoms with Crippen molar-refractivity contribution >= 4 is 23.5 Å². The highest BCUT2D eigenvalue weighted by Crippen LogP contribution is 2.26. The molecule has 2 fully saturated rings. The van der Waals surface area contributed by atoms with Crippen molar-refractivity contribution < 1.29 is 9.59 Å². The van der Waals surface area contributed by atoms with Gasteiger partial charge in [-0.15, -0.1) is 0 Å². The van der Waals surface area contributed by atoms with Gasteiger partial charge in [0.25, 0.3) is 0 Å². The summed E-state index contributed by atoms with van der Waals surface area (Å²) in [6.45, 7) is 4.77. The van der Waals surface area contributed by atoms with Crippen molar-refractivity contribution in [3.63, 3.8) is 0 Å². The Morgan fingerprint density at radius 1 is 1.00 bits per heavy atom. The Hall–Kier alpha value is -3.03. The number of pyridine rings is 1. The lowest BCUT2D eigenvalue weighted by Gasteiger charge is -2.37. The first-order chi connectivity index (χ1) is 14.6. The number of rotatable bonds is 4. The zero-order valence-corrected chi connectivity index (χ0v) is 17.3. The molecule has 8 nitrogen and oxygen atoms in total. The maximum absolute atomic E-state index is 13.1. The Labute approximate surface area is 176 Å². The van der Waals surface area contributed by atoms with Crippen LogP contribution in [0.1, 0.15) is 31.2 Å². The topological polar surface area (TPSA) is 91.3 Å². The fraction of sp³-hybridized carbons (Fsp3) is 0.500. The molecule has 0 saturated carbocycles. The van der Waals surface area contributed by atoms with Crippen molar-refractivity contribution in [3.05, 3.63) is 42.5 Å². The second-order valence-corrected chi connectivity index (χ2v) is 8.16. The van der Waals surface area contributed by atoms with Crippen LogP contribution in [0.3, 0.4) is 0 Å². The van der Waals surface area contributed by atoms with Crippen molar-refractivity contribution in [1.82, 2.24) is 19.9 Å². The Balaban J connectivity index is 1.30. The van der Waals surface area contributed by atoms with Gasteiger partial charge in [0.15, 0.2) is 0 Å². The lowest BCUT2D eigenvalue weighted by Crippen LogP contribution is -2.48. The number of amides is 2. The number of carbonyl (C=O) groups excluding carboxylic acids is 2. The number of piperidine rings is 2. The van der Waals surface area contributed by atoms with Gasteiger partial charge >= 0.3 is 0 Å². The number of hydrogen-bond acceptors (Lipinski definition) is 6. The van der Waals surface area contributed by atoms with Crippen LogP contribution in [0, 0.1) is 18.8 Å². The lowest BCUT2D eigenvalue weighted by molar-refractivity contribution is -0.139. The third-order valence-corrected chi connectivity index (χ3v) is 5.98. The molecule has 0 spiro atoms. The summed E-state index contributed by atoms with van der Waals surface area (Å²) in [7, 11) is 0. The summed E-state index contributed by atoms with van der Waals surface area (Å²) in [5.74, 6) is 1.37. The molecule has 8 heteroatoms. The second-order valence-electron chi connectivity index (χ2n) is 8.16. The van der Waals surface area contributed by atoms with Crippen molar-refractivity contribution in [1.29, 1.82) is 0 Å². The van der Waals surface area contributed by atoms with Gasteiger partial charge in [0.2, 0.25) is 11.8 Å². The molecule has 2 aliphatic heterocycles. The molecular weight excluding hydrogens is 380 g/mol. The largest absolute Gasteiger partial charge is 0.355 e. The smallest absolute Gasteiger partial charge is 0.230 e. The molecule has 30 heavy (non-hydrogen) atoms. The number of aryl methyl sites for hydroxylation is 1. The summed E-state index contributed by atoms with van der Waals surface area (Å²) in [5.41, 5.74) is 1.05. The number of nitrogens with zero attached hydrogens (tertiary/aromatic N) is 5. The fourth-order valence-corrected chi connectivity index (χ4v) is 4.23. The summed E-state index contributed by atoms with van der Waals surface area (Å²) in [4.78, 5) is 42.6. The van der Waals surface area contributed by atoms with E-state index in [0.717, 1.165) is 56.7 Å². The monoisotopic (exact) mass is 408 g/mol. The lowest BCUT2D eigenvalue weighted by atomic mass is 9.92. The Kier molecular flexibility index (Phi) is 6.21. The van der Waals surface area contributed by atoms with Gasteiger partial charge in [0.05, 0.1) is 12.1 Å². The number of nitrogens with one attached hydrogen (secondary N) is 1. The Morgan fingerprint density at radius 2 is 1.83 bits per heavy atom. The van der Waals surface area contributed by atoms with Crippen LogP contribution in [0.4, 0.5) is 11.6 Å². The molecule has 0 aliphatic carbocycles. The van der Waals surface area contributed by atoms with E-state index >= 15 is 0 Å². The molecule has 0 bridgehead atoms. The van der Waals surface area contributed by atoms with E-state index in [9.17, 15) is 9.59 Å². The van der Waals surface area contributed by atoms with Crippen molar-refractivity contribution in [3.8, 4) is 0 Å². The van der Waals surface area contributed by atoms with Gasteiger partial charge in [-0.2, -0.15) is 0 Å². The van der Waals surface area contributed by atoms with Gasteiger partial charge in [0.1, 0.15) is 11.6 Å². The molecule has 1 unspecified atom stereocenters. The molecule has 4 heterocycles. The van der Waals surface area contributed by atoms with Crippen LogP contribution in [0.2, 0.25) is 0 Å². The quantitative estimate of drug-likeness (QED) is 0.835. The van der Waals surface area contributed by atoms with Crippen molar-refractivity contribution in [2.45, 2.75) is 32.6 Å². The summed E-state index contributed by atoms with van der Waals surface area (Å²) in [6, 6.07) is 3.73.